The molecule has 0 aliphatic heterocycles. The van der Waals surface area contributed by atoms with E-state index >= 15 is 0 Å². The van der Waals surface area contributed by atoms with Gasteiger partial charge in [0.1, 0.15) is 5.82 Å². The molecule has 1 aromatic heterocycles. The first kappa shape index (κ1) is 26.4. The van der Waals surface area contributed by atoms with Crippen molar-refractivity contribution in [2.75, 3.05) is 6.54 Å². The van der Waals surface area contributed by atoms with Crippen molar-refractivity contribution in [3.63, 3.8) is 0 Å². The molecular weight excluding hydrogens is 462 g/mol. The molecule has 0 spiro atoms. The number of carbonyl (C=O) groups is 2. The lowest BCUT2D eigenvalue weighted by molar-refractivity contribution is 0.0696. The zero-order valence-corrected chi connectivity index (χ0v) is 21.9. The number of nitrogens with zero attached hydrogens (tertiary/aromatic N) is 2. The van der Waals surface area contributed by atoms with Gasteiger partial charge in [-0.1, -0.05) is 62.6 Å². The molecule has 3 aromatic rings. The third-order valence-electron chi connectivity index (χ3n) is 7.04. The number of imidazole rings is 1. The molecule has 1 saturated carbocycles. The van der Waals surface area contributed by atoms with Crippen LogP contribution in [-0.4, -0.2) is 33.1 Å². The summed E-state index contributed by atoms with van der Waals surface area (Å²) in [5.41, 5.74) is 4.77. The lowest BCUT2D eigenvalue weighted by atomic mass is 10.1. The Balaban J connectivity index is 1.50. The molecule has 37 heavy (non-hydrogen) atoms. The number of hydrogen-bond acceptors (Lipinski definition) is 3. The maximum atomic E-state index is 12.8. The van der Waals surface area contributed by atoms with Gasteiger partial charge in [0, 0.05) is 23.7 Å². The first-order chi connectivity index (χ1) is 18.0. The maximum absolute atomic E-state index is 12.8. The number of hydrogen-bond donors (Lipinski definition) is 2. The highest BCUT2D eigenvalue weighted by molar-refractivity contribution is 5.95. The quantitative estimate of drug-likeness (QED) is 0.271. The van der Waals surface area contributed by atoms with E-state index in [9.17, 15) is 14.7 Å². The lowest BCUT2D eigenvalue weighted by Crippen LogP contribution is -2.24. The number of amides is 1. The number of carboxylic acids is 1. The molecule has 1 amide bonds. The van der Waals surface area contributed by atoms with Gasteiger partial charge in [-0.3, -0.25) is 4.79 Å². The molecule has 0 atom stereocenters. The second-order valence-electron chi connectivity index (χ2n) is 9.69. The van der Waals surface area contributed by atoms with E-state index in [1.165, 1.54) is 18.4 Å². The summed E-state index contributed by atoms with van der Waals surface area (Å²) in [6, 6.07) is 13.1. The van der Waals surface area contributed by atoms with Crippen LogP contribution in [0.5, 0.6) is 0 Å². The minimum Gasteiger partial charge on any atom is -0.478 e. The maximum Gasteiger partial charge on any atom is 0.335 e. The van der Waals surface area contributed by atoms with Gasteiger partial charge >= 0.3 is 5.97 Å². The van der Waals surface area contributed by atoms with E-state index < -0.39 is 5.97 Å². The van der Waals surface area contributed by atoms with E-state index in [2.05, 4.69) is 42.0 Å². The molecule has 1 heterocycles. The number of fused-ring (bicyclic) bond motifs is 1. The zero-order valence-electron chi connectivity index (χ0n) is 21.9. The monoisotopic (exact) mass is 499 g/mol. The second kappa shape index (κ2) is 12.5. The van der Waals surface area contributed by atoms with Crippen molar-refractivity contribution < 1.29 is 14.7 Å². The van der Waals surface area contributed by atoms with Crippen LogP contribution in [0.25, 0.3) is 22.4 Å². The summed E-state index contributed by atoms with van der Waals surface area (Å²) in [7, 11) is 0. The molecule has 0 saturated heterocycles. The van der Waals surface area contributed by atoms with E-state index in [0.29, 0.717) is 23.7 Å². The second-order valence-corrected chi connectivity index (χ2v) is 9.69. The van der Waals surface area contributed by atoms with Crippen molar-refractivity contribution in [3.8, 4) is 11.4 Å². The molecule has 1 aliphatic carbocycles. The molecule has 0 bridgehead atoms. The highest BCUT2D eigenvalue weighted by Gasteiger charge is 2.24. The Hall–Kier alpha value is -3.67. The largest absolute Gasteiger partial charge is 0.478 e. The molecule has 1 fully saturated rings. The predicted octanol–water partition coefficient (Wildman–Crippen LogP) is 7.33. The summed E-state index contributed by atoms with van der Waals surface area (Å²) in [6.45, 7) is 4.87. The Morgan fingerprint density at radius 2 is 1.76 bits per heavy atom. The topological polar surface area (TPSA) is 84.2 Å². The summed E-state index contributed by atoms with van der Waals surface area (Å²) in [5.74, 6) is -0.211. The number of nitrogens with one attached hydrogen (secondary N) is 1. The Bertz CT molecular complexity index is 1300. The highest BCUT2D eigenvalue weighted by Crippen LogP contribution is 2.37. The third-order valence-corrected chi connectivity index (χ3v) is 7.04. The Morgan fingerprint density at radius 1 is 1.03 bits per heavy atom. The van der Waals surface area contributed by atoms with Gasteiger partial charge in [0.15, 0.2) is 0 Å². The fourth-order valence-electron chi connectivity index (χ4n) is 5.15. The number of carbonyl (C=O) groups excluding carboxylic acids is 1. The van der Waals surface area contributed by atoms with Crippen LogP contribution in [-0.2, 0) is 0 Å². The van der Waals surface area contributed by atoms with Gasteiger partial charge in [-0.05, 0) is 68.9 Å². The fourth-order valence-corrected chi connectivity index (χ4v) is 5.15. The number of aromatic nitrogens is 2. The van der Waals surface area contributed by atoms with Crippen molar-refractivity contribution in [2.24, 2.45) is 0 Å². The molecule has 6 heteroatoms. The van der Waals surface area contributed by atoms with Crippen LogP contribution in [0.2, 0.25) is 0 Å². The van der Waals surface area contributed by atoms with Crippen LogP contribution in [0.4, 0.5) is 0 Å². The summed E-state index contributed by atoms with van der Waals surface area (Å²) in [5, 5.41) is 12.5. The van der Waals surface area contributed by atoms with Crippen LogP contribution in [0, 0.1) is 0 Å². The first-order valence-corrected chi connectivity index (χ1v) is 13.5. The van der Waals surface area contributed by atoms with Crippen molar-refractivity contribution >= 4 is 22.9 Å². The number of benzene rings is 2. The molecule has 6 nitrogen and oxygen atoms in total. The molecule has 4 rings (SSSR count). The van der Waals surface area contributed by atoms with E-state index in [-0.39, 0.29) is 11.5 Å². The van der Waals surface area contributed by atoms with E-state index in [0.717, 1.165) is 55.4 Å². The van der Waals surface area contributed by atoms with E-state index in [1.54, 1.807) is 12.1 Å². The minimum atomic E-state index is -0.955. The molecule has 0 radical (unpaired) electrons. The fraction of sp³-hybridized carbons (Fsp3) is 0.387. The molecule has 1 aliphatic rings. The summed E-state index contributed by atoms with van der Waals surface area (Å²) >= 11 is 0. The van der Waals surface area contributed by atoms with Crippen molar-refractivity contribution in [3.05, 3.63) is 77.4 Å². The highest BCUT2D eigenvalue weighted by atomic mass is 16.4. The molecule has 2 aromatic carbocycles. The van der Waals surface area contributed by atoms with Crippen LogP contribution in [0.15, 0.2) is 66.3 Å². The van der Waals surface area contributed by atoms with Gasteiger partial charge in [0.2, 0.25) is 0 Å². The van der Waals surface area contributed by atoms with Crippen LogP contribution in [0.1, 0.15) is 92.0 Å². The third kappa shape index (κ3) is 6.37. The smallest absolute Gasteiger partial charge is 0.335 e. The Labute approximate surface area is 219 Å². The minimum absolute atomic E-state index is 0.0816. The van der Waals surface area contributed by atoms with Gasteiger partial charge < -0.3 is 15.0 Å². The summed E-state index contributed by atoms with van der Waals surface area (Å²) in [6.07, 6.45) is 15.0. The number of carboxylic acid groups (broad SMARTS) is 1. The van der Waals surface area contributed by atoms with Gasteiger partial charge in [-0.2, -0.15) is 0 Å². The Morgan fingerprint density at radius 3 is 2.43 bits per heavy atom. The average Bonchev–Trinajstić information content (AvgIpc) is 3.56. The number of rotatable bonds is 11. The van der Waals surface area contributed by atoms with E-state index in [4.69, 9.17) is 4.98 Å². The SMILES string of the molecule is CC/C=C\C/C(=C\CC)CCNC(=O)c1ccc(-c2nc3cc(C(=O)O)ccc3n2C2CCCC2)cc1. The summed E-state index contributed by atoms with van der Waals surface area (Å²) in [4.78, 5) is 29.1. The normalized spacial score (nSPS) is 14.6. The Kier molecular flexibility index (Phi) is 8.94. The average molecular weight is 500 g/mol. The van der Waals surface area contributed by atoms with Crippen LogP contribution >= 0.6 is 0 Å². The molecule has 0 unspecified atom stereocenters. The van der Waals surface area contributed by atoms with E-state index in [1.807, 2.05) is 30.3 Å². The van der Waals surface area contributed by atoms with Crippen LogP contribution in [0.3, 0.4) is 0 Å². The molecule has 194 valence electrons. The first-order valence-electron chi connectivity index (χ1n) is 13.5. The standard InChI is InChI=1S/C31H37N3O3/c1-3-5-6-10-22(9-4-2)19-20-32-30(35)24-15-13-23(14-16-24)29-33-27-21-25(31(36)37)17-18-28(27)34(29)26-11-7-8-12-26/h5-6,9,13-18,21,26H,3-4,7-8,10-12,19-20H2,1-2H3,(H,32,35)(H,36,37)/b6-5-,22-9+. The predicted molar refractivity (Wildman–Crippen MR) is 149 cm³/mol. The lowest BCUT2D eigenvalue weighted by Gasteiger charge is -2.17. The van der Waals surface area contributed by atoms with Crippen LogP contribution < -0.4 is 5.32 Å². The van der Waals surface area contributed by atoms with Crippen molar-refractivity contribution in [1.82, 2.24) is 14.9 Å². The molecular formula is C31H37N3O3. The van der Waals surface area contributed by atoms with Gasteiger partial charge in [-0.25, -0.2) is 9.78 Å². The van der Waals surface area contributed by atoms with Gasteiger partial charge in [-0.15, -0.1) is 0 Å². The number of aromatic carboxylic acids is 1. The van der Waals surface area contributed by atoms with Crippen molar-refractivity contribution in [1.29, 1.82) is 0 Å². The van der Waals surface area contributed by atoms with Gasteiger partial charge in [0.05, 0.1) is 16.6 Å². The van der Waals surface area contributed by atoms with Gasteiger partial charge in [0.25, 0.3) is 5.91 Å². The zero-order chi connectivity index (χ0) is 26.2. The molecule has 2 N–H and O–H groups in total. The number of allylic oxidation sites excluding steroid dienone is 3. The van der Waals surface area contributed by atoms with Crippen molar-refractivity contribution in [2.45, 2.75) is 71.3 Å². The summed E-state index contributed by atoms with van der Waals surface area (Å²) < 4.78 is 2.26.